The Labute approximate surface area is 215 Å². The third-order valence-corrected chi connectivity index (χ3v) is 7.17. The van der Waals surface area contributed by atoms with Crippen LogP contribution >= 0.6 is 0 Å². The van der Waals surface area contributed by atoms with Crippen LogP contribution in [0, 0.1) is 6.92 Å². The minimum absolute atomic E-state index is 0.0467. The van der Waals surface area contributed by atoms with Gasteiger partial charge in [0.15, 0.2) is 11.5 Å². The first-order valence-electron chi connectivity index (χ1n) is 12.8. The number of hydrogen-bond donors (Lipinski definition) is 2. The molecule has 9 heteroatoms. The third-order valence-electron chi connectivity index (χ3n) is 7.17. The summed E-state index contributed by atoms with van der Waals surface area (Å²) in [5.74, 6) is 2.45. The molecule has 0 radical (unpaired) electrons. The lowest BCUT2D eigenvalue weighted by atomic mass is 10.00. The monoisotopic (exact) mass is 501 g/mol. The van der Waals surface area contributed by atoms with Crippen molar-refractivity contribution in [1.82, 2.24) is 25.2 Å². The van der Waals surface area contributed by atoms with E-state index in [0.29, 0.717) is 49.2 Å². The number of nitrogens with one attached hydrogen (secondary N) is 2. The van der Waals surface area contributed by atoms with Gasteiger partial charge in [-0.3, -0.25) is 4.79 Å². The van der Waals surface area contributed by atoms with Crippen molar-refractivity contribution >= 4 is 27.8 Å². The molecule has 2 aromatic heterocycles. The number of rotatable bonds is 4. The topological polar surface area (TPSA) is 102 Å². The molecule has 37 heavy (non-hydrogen) atoms. The van der Waals surface area contributed by atoms with Crippen LogP contribution < -0.4 is 19.5 Å². The van der Waals surface area contributed by atoms with Crippen LogP contribution in [0.25, 0.3) is 33.2 Å². The maximum atomic E-state index is 13.5. The predicted molar refractivity (Wildman–Crippen MR) is 142 cm³/mol. The second-order valence-corrected chi connectivity index (χ2v) is 9.65. The molecule has 6 rings (SSSR count). The van der Waals surface area contributed by atoms with Gasteiger partial charge < -0.3 is 29.4 Å². The van der Waals surface area contributed by atoms with E-state index in [1.54, 1.807) is 7.11 Å². The number of amides is 1. The number of hydrogen-bond acceptors (Lipinski definition) is 7. The van der Waals surface area contributed by atoms with Crippen molar-refractivity contribution in [2.45, 2.75) is 33.2 Å². The Balaban J connectivity index is 1.55. The molecule has 2 aromatic carbocycles. The molecule has 0 spiro atoms. The summed E-state index contributed by atoms with van der Waals surface area (Å²) in [5.41, 5.74) is 4.86. The molecule has 0 unspecified atom stereocenters. The van der Waals surface area contributed by atoms with Gasteiger partial charge in [-0.15, -0.1) is 0 Å². The van der Waals surface area contributed by atoms with Crippen LogP contribution in [-0.2, 0) is 6.42 Å². The molecule has 0 bridgehead atoms. The zero-order valence-electron chi connectivity index (χ0n) is 21.6. The summed E-state index contributed by atoms with van der Waals surface area (Å²) in [6, 6.07) is 8.16. The van der Waals surface area contributed by atoms with Crippen molar-refractivity contribution in [2.75, 3.05) is 40.0 Å². The molecule has 1 fully saturated rings. The maximum Gasteiger partial charge on any atom is 0.257 e. The SMILES string of the molecule is CCc1cc2[nH]c3nc(C)nc(-c4ccc(C(=O)N5CCN[C@@H](C)C5)c5c4OCCO5)c3c2cc1OC. The lowest BCUT2D eigenvalue weighted by molar-refractivity contribution is 0.0699. The highest BCUT2D eigenvalue weighted by molar-refractivity contribution is 6.13. The summed E-state index contributed by atoms with van der Waals surface area (Å²) < 4.78 is 17.9. The molecule has 9 nitrogen and oxygen atoms in total. The molecular weight excluding hydrogens is 470 g/mol. The number of carbonyl (C=O) groups is 1. The normalized spacial score (nSPS) is 17.4. The number of fused-ring (bicyclic) bond motifs is 4. The van der Waals surface area contributed by atoms with Gasteiger partial charge in [-0.2, -0.15) is 0 Å². The Morgan fingerprint density at radius 1 is 1.19 bits per heavy atom. The summed E-state index contributed by atoms with van der Waals surface area (Å²) in [7, 11) is 1.69. The van der Waals surface area contributed by atoms with E-state index < -0.39 is 0 Å². The lowest BCUT2D eigenvalue weighted by Gasteiger charge is -2.33. The second-order valence-electron chi connectivity index (χ2n) is 9.65. The van der Waals surface area contributed by atoms with Gasteiger partial charge in [0, 0.05) is 42.1 Å². The number of aromatic amines is 1. The van der Waals surface area contributed by atoms with Crippen LogP contribution in [0.5, 0.6) is 17.2 Å². The minimum Gasteiger partial charge on any atom is -0.496 e. The van der Waals surface area contributed by atoms with Crippen LogP contribution in [0.3, 0.4) is 0 Å². The van der Waals surface area contributed by atoms with E-state index in [9.17, 15) is 4.79 Å². The molecule has 0 aliphatic carbocycles. The van der Waals surface area contributed by atoms with Gasteiger partial charge in [0.05, 0.1) is 23.8 Å². The third kappa shape index (κ3) is 3.94. The molecule has 1 atom stereocenters. The first-order chi connectivity index (χ1) is 18.0. The summed E-state index contributed by atoms with van der Waals surface area (Å²) in [4.78, 5) is 28.4. The fraction of sp³-hybridized carbons (Fsp3) is 0.393. The van der Waals surface area contributed by atoms with Crippen LogP contribution in [0.4, 0.5) is 0 Å². The van der Waals surface area contributed by atoms with E-state index >= 15 is 0 Å². The molecule has 192 valence electrons. The summed E-state index contributed by atoms with van der Waals surface area (Å²) in [6.45, 7) is 8.93. The number of carbonyl (C=O) groups excluding carboxylic acids is 1. The number of benzene rings is 2. The van der Waals surface area contributed by atoms with E-state index in [-0.39, 0.29) is 11.9 Å². The minimum atomic E-state index is -0.0467. The van der Waals surface area contributed by atoms with Crippen molar-refractivity contribution in [3.8, 4) is 28.5 Å². The van der Waals surface area contributed by atoms with Gasteiger partial charge in [0.1, 0.15) is 30.4 Å². The number of aromatic nitrogens is 3. The van der Waals surface area contributed by atoms with Gasteiger partial charge in [0.2, 0.25) is 0 Å². The molecule has 2 N–H and O–H groups in total. The average Bonchev–Trinajstić information content (AvgIpc) is 3.27. The molecule has 1 amide bonds. The summed E-state index contributed by atoms with van der Waals surface area (Å²) in [6.07, 6.45) is 0.853. The zero-order valence-corrected chi connectivity index (χ0v) is 21.6. The maximum absolute atomic E-state index is 13.5. The summed E-state index contributed by atoms with van der Waals surface area (Å²) in [5, 5.41) is 5.24. The Morgan fingerprint density at radius 3 is 2.76 bits per heavy atom. The van der Waals surface area contributed by atoms with E-state index in [1.165, 1.54) is 0 Å². The fourth-order valence-corrected chi connectivity index (χ4v) is 5.42. The van der Waals surface area contributed by atoms with E-state index in [4.69, 9.17) is 19.2 Å². The Bertz CT molecular complexity index is 1530. The highest BCUT2D eigenvalue weighted by atomic mass is 16.6. The fourth-order valence-electron chi connectivity index (χ4n) is 5.42. The molecule has 2 aliphatic heterocycles. The molecule has 1 saturated heterocycles. The second kappa shape index (κ2) is 9.23. The smallest absolute Gasteiger partial charge is 0.257 e. The standard InChI is InChI=1S/C28H31N5O4/c1-5-17-12-21-20(13-22(17)35-4)23-24(30-16(3)31-27(23)32-21)18-6-7-19(26-25(18)36-10-11-37-26)28(34)33-9-8-29-15(2)14-33/h6-7,12-13,15,29H,5,8-11,14H2,1-4H3,(H,30,31,32)/t15-/m0/s1. The number of methoxy groups -OCH3 is 1. The number of nitrogens with zero attached hydrogens (tertiary/aromatic N) is 3. The molecule has 2 aliphatic rings. The van der Waals surface area contributed by atoms with Crippen molar-refractivity contribution < 1.29 is 19.0 Å². The zero-order chi connectivity index (χ0) is 25.7. The van der Waals surface area contributed by atoms with Crippen LogP contribution in [0.1, 0.15) is 35.6 Å². The van der Waals surface area contributed by atoms with Gasteiger partial charge >= 0.3 is 0 Å². The van der Waals surface area contributed by atoms with Gasteiger partial charge in [-0.05, 0) is 50.1 Å². The molecular formula is C28H31N5O4. The lowest BCUT2D eigenvalue weighted by Crippen LogP contribution is -2.51. The van der Waals surface area contributed by atoms with E-state index in [2.05, 4.69) is 35.2 Å². The Kier molecular flexibility index (Phi) is 5.87. The number of aryl methyl sites for hydroxylation is 2. The number of piperazine rings is 1. The highest BCUT2D eigenvalue weighted by Gasteiger charge is 2.30. The highest BCUT2D eigenvalue weighted by Crippen LogP contribution is 2.45. The van der Waals surface area contributed by atoms with E-state index in [1.807, 2.05) is 30.0 Å². The van der Waals surface area contributed by atoms with Gasteiger partial charge in [0.25, 0.3) is 5.91 Å². The summed E-state index contributed by atoms with van der Waals surface area (Å²) >= 11 is 0. The van der Waals surface area contributed by atoms with Crippen molar-refractivity contribution in [2.24, 2.45) is 0 Å². The molecule has 4 heterocycles. The molecule has 4 aromatic rings. The van der Waals surface area contributed by atoms with Crippen molar-refractivity contribution in [3.63, 3.8) is 0 Å². The quantitative estimate of drug-likeness (QED) is 0.438. The Hall–Kier alpha value is -3.85. The van der Waals surface area contributed by atoms with Crippen LogP contribution in [0.15, 0.2) is 24.3 Å². The van der Waals surface area contributed by atoms with Crippen LogP contribution in [-0.4, -0.2) is 71.8 Å². The Morgan fingerprint density at radius 2 is 2.00 bits per heavy atom. The first kappa shape index (κ1) is 23.5. The average molecular weight is 502 g/mol. The molecule has 0 saturated carbocycles. The number of ether oxygens (including phenoxy) is 3. The predicted octanol–water partition coefficient (Wildman–Crippen LogP) is 3.86. The van der Waals surface area contributed by atoms with E-state index in [0.717, 1.165) is 57.5 Å². The van der Waals surface area contributed by atoms with Crippen molar-refractivity contribution in [1.29, 1.82) is 0 Å². The van der Waals surface area contributed by atoms with Crippen LogP contribution in [0.2, 0.25) is 0 Å². The van der Waals surface area contributed by atoms with Crippen molar-refractivity contribution in [3.05, 3.63) is 41.2 Å². The van der Waals surface area contributed by atoms with Gasteiger partial charge in [-0.25, -0.2) is 9.97 Å². The largest absolute Gasteiger partial charge is 0.496 e. The number of H-pyrrole nitrogens is 1. The first-order valence-corrected chi connectivity index (χ1v) is 12.8. The van der Waals surface area contributed by atoms with Gasteiger partial charge in [-0.1, -0.05) is 6.92 Å².